The van der Waals surface area contributed by atoms with Gasteiger partial charge in [0, 0.05) is 30.0 Å². The monoisotopic (exact) mass is 508 g/mol. The molecule has 1 spiro atoms. The fraction of sp³-hybridized carbons (Fsp3) is 0.815. The highest BCUT2D eigenvalue weighted by Crippen LogP contribution is 2.71. The molecule has 3 aliphatic heterocycles. The summed E-state index contributed by atoms with van der Waals surface area (Å²) < 4.78 is -1.27. The van der Waals surface area contributed by atoms with E-state index in [1.807, 2.05) is 11.8 Å². The lowest BCUT2D eigenvalue weighted by Gasteiger charge is -2.46. The highest BCUT2D eigenvalue weighted by molar-refractivity contribution is 8.02. The van der Waals surface area contributed by atoms with Crippen molar-refractivity contribution in [3.63, 3.8) is 0 Å². The standard InChI is InChI=1S/C27H44N2O5S/c1-8-14-29(25(5,6)17-24(2,3)4)22(32)20-27-13-12-26(7,35-27)19(23(33)34)18(27)21(31)28(20)15-10-9-11-16-30/h8,18-20,30H,1,9-17H2,2-7H3,(H,33,34)/t18-,19+,20?,26-,27?/m0/s1. The third-order valence-electron chi connectivity index (χ3n) is 8.11. The number of carboxylic acid groups (broad SMARTS) is 1. The Morgan fingerprint density at radius 1 is 1.20 bits per heavy atom. The number of carbonyl (C=O) groups excluding carboxylic acids is 2. The van der Waals surface area contributed by atoms with E-state index in [0.29, 0.717) is 38.8 Å². The topological polar surface area (TPSA) is 98.2 Å². The number of thioether (sulfide) groups is 1. The third kappa shape index (κ3) is 4.89. The van der Waals surface area contributed by atoms with Gasteiger partial charge in [-0.3, -0.25) is 14.4 Å². The predicted molar refractivity (Wildman–Crippen MR) is 139 cm³/mol. The van der Waals surface area contributed by atoms with Crippen molar-refractivity contribution in [3.8, 4) is 0 Å². The minimum atomic E-state index is -0.940. The molecule has 2 amide bonds. The van der Waals surface area contributed by atoms with Gasteiger partial charge >= 0.3 is 5.97 Å². The largest absolute Gasteiger partial charge is 0.481 e. The zero-order chi connectivity index (χ0) is 26.4. The minimum absolute atomic E-state index is 0.0120. The molecule has 5 atom stereocenters. The molecule has 3 saturated heterocycles. The van der Waals surface area contributed by atoms with Crippen LogP contribution < -0.4 is 0 Å². The first-order valence-corrected chi connectivity index (χ1v) is 13.7. The van der Waals surface area contributed by atoms with Gasteiger partial charge in [0.1, 0.15) is 6.04 Å². The van der Waals surface area contributed by atoms with Crippen molar-refractivity contribution in [2.24, 2.45) is 17.3 Å². The molecular formula is C27H44N2O5S. The number of carbonyl (C=O) groups is 3. The minimum Gasteiger partial charge on any atom is -0.481 e. The number of hydrogen-bond acceptors (Lipinski definition) is 5. The van der Waals surface area contributed by atoms with Gasteiger partial charge in [-0.15, -0.1) is 18.3 Å². The Bertz CT molecular complexity index is 868. The Morgan fingerprint density at radius 3 is 2.40 bits per heavy atom. The molecule has 0 aromatic carbocycles. The maximum absolute atomic E-state index is 14.5. The number of aliphatic hydroxyl groups excluding tert-OH is 1. The van der Waals surface area contributed by atoms with Crippen molar-refractivity contribution in [3.05, 3.63) is 12.7 Å². The Labute approximate surface area is 214 Å². The van der Waals surface area contributed by atoms with E-state index in [1.165, 1.54) is 0 Å². The number of rotatable bonds is 11. The highest BCUT2D eigenvalue weighted by Gasteiger charge is 2.77. The summed E-state index contributed by atoms with van der Waals surface area (Å²) in [5.41, 5.74) is -0.483. The van der Waals surface area contributed by atoms with E-state index in [1.54, 1.807) is 22.7 Å². The molecule has 3 heterocycles. The fourth-order valence-electron chi connectivity index (χ4n) is 7.20. The maximum atomic E-state index is 14.5. The van der Waals surface area contributed by atoms with E-state index in [2.05, 4.69) is 41.2 Å². The van der Waals surface area contributed by atoms with Crippen molar-refractivity contribution >= 4 is 29.5 Å². The van der Waals surface area contributed by atoms with Crippen LogP contribution in [0.4, 0.5) is 0 Å². The summed E-state index contributed by atoms with van der Waals surface area (Å²) in [4.78, 5) is 44.3. The van der Waals surface area contributed by atoms with Crippen molar-refractivity contribution < 1.29 is 24.6 Å². The lowest BCUT2D eigenvalue weighted by atomic mass is 9.66. The van der Waals surface area contributed by atoms with Gasteiger partial charge in [0.25, 0.3) is 0 Å². The molecule has 3 aliphatic rings. The first-order chi connectivity index (χ1) is 16.1. The highest BCUT2D eigenvalue weighted by atomic mass is 32.2. The number of aliphatic carboxylic acids is 1. The lowest BCUT2D eigenvalue weighted by molar-refractivity contribution is -0.150. The Balaban J connectivity index is 2.05. The molecule has 35 heavy (non-hydrogen) atoms. The Morgan fingerprint density at radius 2 is 1.86 bits per heavy atom. The quantitative estimate of drug-likeness (QED) is 0.324. The number of unbranched alkanes of at least 4 members (excludes halogenated alkanes) is 2. The molecule has 0 radical (unpaired) electrons. The van der Waals surface area contributed by atoms with Crippen LogP contribution in [0.15, 0.2) is 12.7 Å². The number of amides is 2. The number of hydrogen-bond donors (Lipinski definition) is 2. The molecule has 3 rings (SSSR count). The van der Waals surface area contributed by atoms with E-state index < -0.39 is 38.9 Å². The van der Waals surface area contributed by atoms with Crippen molar-refractivity contribution in [2.75, 3.05) is 19.7 Å². The van der Waals surface area contributed by atoms with Crippen LogP contribution in [0.25, 0.3) is 0 Å². The van der Waals surface area contributed by atoms with Gasteiger partial charge in [-0.25, -0.2) is 0 Å². The molecule has 0 aromatic heterocycles. The number of likely N-dealkylation sites (tertiary alicyclic amines) is 1. The summed E-state index contributed by atoms with van der Waals surface area (Å²) in [6.45, 7) is 17.3. The first-order valence-electron chi connectivity index (χ1n) is 12.9. The van der Waals surface area contributed by atoms with Gasteiger partial charge < -0.3 is 20.0 Å². The predicted octanol–water partition coefficient (Wildman–Crippen LogP) is 3.94. The zero-order valence-electron chi connectivity index (χ0n) is 22.3. The summed E-state index contributed by atoms with van der Waals surface area (Å²) >= 11 is 1.58. The Hall–Kier alpha value is -1.54. The van der Waals surface area contributed by atoms with E-state index >= 15 is 0 Å². The molecule has 0 aromatic rings. The first kappa shape index (κ1) is 28.0. The van der Waals surface area contributed by atoms with Crippen LogP contribution in [0.1, 0.15) is 80.1 Å². The van der Waals surface area contributed by atoms with Crippen LogP contribution in [-0.2, 0) is 14.4 Å². The maximum Gasteiger partial charge on any atom is 0.308 e. The van der Waals surface area contributed by atoms with Gasteiger partial charge in [0.2, 0.25) is 11.8 Å². The molecule has 2 unspecified atom stereocenters. The van der Waals surface area contributed by atoms with E-state index in [-0.39, 0.29) is 23.8 Å². The van der Waals surface area contributed by atoms with Crippen LogP contribution in [0.2, 0.25) is 0 Å². The van der Waals surface area contributed by atoms with Crippen LogP contribution in [0.5, 0.6) is 0 Å². The SMILES string of the molecule is C=CCN(C(=O)C1N(CCCCCO)C(=O)[C@@H]2[C@H](C(=O)O)[C@]3(C)CCC12S3)C(C)(C)CC(C)(C)C. The molecule has 0 saturated carbocycles. The van der Waals surface area contributed by atoms with E-state index in [9.17, 15) is 24.6 Å². The Kier molecular flexibility index (Phi) is 7.79. The normalized spacial score (nSPS) is 32.1. The van der Waals surface area contributed by atoms with Gasteiger partial charge in [0.15, 0.2) is 0 Å². The van der Waals surface area contributed by atoms with Crippen molar-refractivity contribution in [1.29, 1.82) is 0 Å². The third-order valence-corrected chi connectivity index (χ3v) is 10.1. The lowest BCUT2D eigenvalue weighted by Crippen LogP contribution is -2.60. The molecular weight excluding hydrogens is 464 g/mol. The summed E-state index contributed by atoms with van der Waals surface area (Å²) in [7, 11) is 0. The zero-order valence-corrected chi connectivity index (χ0v) is 23.1. The summed E-state index contributed by atoms with van der Waals surface area (Å²) in [6.07, 6.45) is 5.92. The number of nitrogens with zero attached hydrogens (tertiary/aromatic N) is 2. The molecule has 198 valence electrons. The summed E-state index contributed by atoms with van der Waals surface area (Å²) in [6, 6.07) is -0.690. The smallest absolute Gasteiger partial charge is 0.308 e. The summed E-state index contributed by atoms with van der Waals surface area (Å²) in [5, 5.41) is 19.3. The molecule has 3 fully saturated rings. The van der Waals surface area contributed by atoms with Crippen molar-refractivity contribution in [2.45, 2.75) is 101 Å². The van der Waals surface area contributed by atoms with Gasteiger partial charge in [-0.1, -0.05) is 26.8 Å². The fourth-order valence-corrected chi connectivity index (χ4v) is 9.54. The average molecular weight is 509 g/mol. The average Bonchev–Trinajstić information content (AvgIpc) is 3.28. The molecule has 7 nitrogen and oxygen atoms in total. The van der Waals surface area contributed by atoms with Gasteiger partial charge in [0.05, 0.1) is 16.6 Å². The van der Waals surface area contributed by atoms with Gasteiger partial charge in [-0.2, -0.15) is 0 Å². The van der Waals surface area contributed by atoms with Crippen LogP contribution >= 0.6 is 11.8 Å². The molecule has 0 aliphatic carbocycles. The number of aliphatic hydroxyl groups is 1. The summed E-state index contributed by atoms with van der Waals surface area (Å²) in [5.74, 6) is -2.71. The molecule has 2 N–H and O–H groups in total. The number of fused-ring (bicyclic) bond motifs is 1. The van der Waals surface area contributed by atoms with Crippen LogP contribution in [0, 0.1) is 17.3 Å². The second-order valence-corrected chi connectivity index (χ2v) is 14.6. The van der Waals surface area contributed by atoms with Crippen molar-refractivity contribution in [1.82, 2.24) is 9.80 Å². The molecule has 2 bridgehead atoms. The van der Waals surface area contributed by atoms with Crippen LogP contribution in [-0.4, -0.2) is 78.6 Å². The second kappa shape index (κ2) is 9.73. The van der Waals surface area contributed by atoms with Crippen LogP contribution in [0.3, 0.4) is 0 Å². The molecule has 8 heteroatoms. The number of carboxylic acids is 1. The second-order valence-electron chi connectivity index (χ2n) is 12.7. The van der Waals surface area contributed by atoms with Gasteiger partial charge in [-0.05, 0) is 64.7 Å². The van der Waals surface area contributed by atoms with E-state index in [0.717, 1.165) is 12.8 Å². The van der Waals surface area contributed by atoms with E-state index in [4.69, 9.17) is 0 Å².